The van der Waals surface area contributed by atoms with Gasteiger partial charge >= 0.3 is 29.9 Å². The first kappa shape index (κ1) is 69.1. The Balaban J connectivity index is 1.35. The molecule has 0 saturated carbocycles. The molecule has 1 aliphatic heterocycles. The van der Waals surface area contributed by atoms with Crippen LogP contribution < -0.4 is 44.4 Å². The third-order valence-electron chi connectivity index (χ3n) is 13.9. The number of urea groups is 1. The summed E-state index contributed by atoms with van der Waals surface area (Å²) in [4.78, 5) is 90.7. The lowest BCUT2D eigenvalue weighted by atomic mass is 9.89. The predicted octanol–water partition coefficient (Wildman–Crippen LogP) is 6.84. The van der Waals surface area contributed by atoms with Crippen molar-refractivity contribution in [3.8, 4) is 34.5 Å². The number of carboxylic acids is 3. The number of carboxylic acid groups (broad SMARTS) is 3. The summed E-state index contributed by atoms with van der Waals surface area (Å²) in [5, 5.41) is 44.2. The van der Waals surface area contributed by atoms with E-state index >= 15 is 0 Å². The molecule has 0 spiro atoms. The molecule has 3 aromatic carbocycles. The first-order valence-corrected chi connectivity index (χ1v) is 28.1. The zero-order valence-electron chi connectivity index (χ0n) is 49.5. The van der Waals surface area contributed by atoms with Gasteiger partial charge in [-0.25, -0.2) is 19.2 Å². The highest BCUT2D eigenvalue weighted by atomic mass is 16.6. The molecule has 85 heavy (non-hydrogen) atoms. The molecule has 3 aromatic rings. The van der Waals surface area contributed by atoms with Crippen LogP contribution in [-0.4, -0.2) is 173 Å². The first-order valence-electron chi connectivity index (χ1n) is 28.1. The lowest BCUT2D eigenvalue weighted by molar-refractivity contribution is -0.162. The molecule has 2 unspecified atom stereocenters. The number of aliphatic carboxylic acids is 3. The minimum absolute atomic E-state index is 0.0953. The predicted molar refractivity (Wildman–Crippen MR) is 308 cm³/mol. The van der Waals surface area contributed by atoms with Crippen LogP contribution in [0.2, 0.25) is 0 Å². The monoisotopic (exact) mass is 1190 g/mol. The van der Waals surface area contributed by atoms with Crippen molar-refractivity contribution in [3.63, 3.8) is 0 Å². The van der Waals surface area contributed by atoms with E-state index in [0.29, 0.717) is 84.3 Å². The minimum Gasteiger partial charge on any atom is -0.493 e. The quantitative estimate of drug-likeness (QED) is 0.0112. The average Bonchev–Trinajstić information content (AvgIpc) is 3.68. The Labute approximate surface area is 495 Å². The maximum absolute atomic E-state index is 14.8. The van der Waals surface area contributed by atoms with Gasteiger partial charge in [-0.1, -0.05) is 49.8 Å². The molecule has 26 nitrogen and oxygen atoms in total. The number of hydrogen-bond donors (Lipinski definition) is 6. The van der Waals surface area contributed by atoms with Crippen molar-refractivity contribution in [1.29, 1.82) is 0 Å². The van der Waals surface area contributed by atoms with Gasteiger partial charge in [0.1, 0.15) is 36.2 Å². The molecular weight excluding hydrogens is 1110 g/mol. The number of likely N-dealkylation sites (tertiary alicyclic amines) is 1. The van der Waals surface area contributed by atoms with E-state index in [-0.39, 0.29) is 58.3 Å². The highest BCUT2D eigenvalue weighted by Crippen LogP contribution is 2.42. The molecule has 6 atom stereocenters. The largest absolute Gasteiger partial charge is 0.493 e. The van der Waals surface area contributed by atoms with Gasteiger partial charge in [0.15, 0.2) is 29.6 Å². The number of aryl methyl sites for hydroxylation is 1. The Morgan fingerprint density at radius 2 is 1.47 bits per heavy atom. The van der Waals surface area contributed by atoms with Crippen LogP contribution in [0, 0.1) is 0 Å². The normalized spacial score (nSPS) is 14.8. The van der Waals surface area contributed by atoms with Gasteiger partial charge in [0, 0.05) is 32.3 Å². The molecule has 26 heteroatoms. The fourth-order valence-electron chi connectivity index (χ4n) is 9.36. The van der Waals surface area contributed by atoms with Gasteiger partial charge in [0.05, 0.1) is 61.3 Å². The fraction of sp³-hybridized carbons (Fsp3) is 0.542. The molecule has 468 valence electrons. The van der Waals surface area contributed by atoms with Crippen molar-refractivity contribution >= 4 is 41.7 Å². The molecule has 4 amide bonds. The molecule has 1 heterocycles. The topological polar surface area (TPSA) is 331 Å². The number of esters is 1. The van der Waals surface area contributed by atoms with Crippen molar-refractivity contribution in [1.82, 2.24) is 25.9 Å². The number of nitrogens with zero attached hydrogens (tertiary/aromatic N) is 4. The third-order valence-corrected chi connectivity index (χ3v) is 13.9. The fourth-order valence-corrected chi connectivity index (χ4v) is 9.36. The zero-order chi connectivity index (χ0) is 62.3. The summed E-state index contributed by atoms with van der Waals surface area (Å²) in [6.45, 7) is 7.90. The highest BCUT2D eigenvalue weighted by Gasteiger charge is 2.39. The molecule has 1 fully saturated rings. The van der Waals surface area contributed by atoms with Gasteiger partial charge in [-0.3, -0.25) is 19.4 Å². The smallest absolute Gasteiger partial charge is 0.329 e. The average molecular weight is 1190 g/mol. The van der Waals surface area contributed by atoms with Crippen LogP contribution in [0.1, 0.15) is 113 Å². The van der Waals surface area contributed by atoms with Crippen LogP contribution in [0.3, 0.4) is 0 Å². The standard InChI is InChI=1S/C59H83N7O19/c1-9-11-18-43(41-35-50(79-6)54(81-8)51(36-41)80-7)55(70)65-28-13-12-20-46(65)58(75)85-47(24-21-39-22-25-48(77-4)49(33-39)78-5)40-16-14-17-42(34-40)84-37-52(67)60-27-30-82-31-32-83-38(3)66(64-61-10-2)29-15-19-44(56(71)72)62-59(76)63-45(57(73)74)23-26-53(68)69/h10,14,16-17,22,25,33-36,38,43-47H,2,9,11-13,15,18-21,23-24,26-32,37H2,1,3-8H3,(H,60,67)(H,68,69)(H,71,72)(H,73,74)(H2,62,63,76)/t38?,43?,44-,45-,46-,47+/m0/s1. The number of benzene rings is 3. The summed E-state index contributed by atoms with van der Waals surface area (Å²) < 4.78 is 51.8. The second-order valence-electron chi connectivity index (χ2n) is 19.7. The van der Waals surface area contributed by atoms with Gasteiger partial charge in [0.2, 0.25) is 11.7 Å². The number of amides is 4. The number of rotatable bonds is 40. The Morgan fingerprint density at radius 3 is 2.11 bits per heavy atom. The molecule has 0 radical (unpaired) electrons. The maximum Gasteiger partial charge on any atom is 0.329 e. The molecule has 4 rings (SSSR count). The number of methoxy groups -OCH3 is 5. The number of carbonyl (C=O) groups is 7. The van der Waals surface area contributed by atoms with Gasteiger partial charge in [-0.05, 0) is 118 Å². The highest BCUT2D eigenvalue weighted by molar-refractivity contribution is 5.89. The number of piperidine rings is 1. The van der Waals surface area contributed by atoms with Gasteiger partial charge in [-0.15, -0.1) is 5.11 Å². The number of unbranched alkanes of at least 4 members (excludes halogenated alkanes) is 1. The second-order valence-corrected chi connectivity index (χ2v) is 19.7. The number of ether oxygens (including phenoxy) is 9. The first-order chi connectivity index (χ1) is 40.9. The molecule has 0 bridgehead atoms. The van der Waals surface area contributed by atoms with Crippen LogP contribution in [-0.2, 0) is 49.4 Å². The SMILES string of the molecule is C=CN=NN(CCC[C@H](NC(=O)N[C@@H](CCC(=O)O)C(=O)O)C(=O)O)C(C)OCCOCCNC(=O)COc1cccc([C@@H](CCc2ccc(OC)c(OC)c2)OC(=O)[C@@H]2CCCCN2C(=O)C(CCCC)c2cc(OC)c(OC)c(OC)c2)c1. The van der Waals surface area contributed by atoms with E-state index in [1.807, 2.05) is 24.3 Å². The van der Waals surface area contributed by atoms with Gasteiger partial charge in [0.25, 0.3) is 5.91 Å². The summed E-state index contributed by atoms with van der Waals surface area (Å²) in [5.41, 5.74) is 2.20. The van der Waals surface area contributed by atoms with E-state index in [1.54, 1.807) is 56.4 Å². The molecule has 6 N–H and O–H groups in total. The summed E-state index contributed by atoms with van der Waals surface area (Å²) >= 11 is 0. The molecular formula is C59H83N7O19. The number of hydrogen-bond acceptors (Lipinski definition) is 18. The van der Waals surface area contributed by atoms with E-state index in [9.17, 15) is 43.8 Å². The van der Waals surface area contributed by atoms with Crippen LogP contribution in [0.25, 0.3) is 0 Å². The number of nitrogens with one attached hydrogen (secondary N) is 3. The van der Waals surface area contributed by atoms with E-state index in [4.69, 9.17) is 47.7 Å². The molecule has 1 aliphatic rings. The van der Waals surface area contributed by atoms with Crippen molar-refractivity contribution in [2.24, 2.45) is 10.3 Å². The molecule has 0 aliphatic carbocycles. The Morgan fingerprint density at radius 1 is 0.776 bits per heavy atom. The summed E-state index contributed by atoms with van der Waals surface area (Å²) in [6, 6.07) is 11.2. The molecule has 0 aromatic heterocycles. The third kappa shape index (κ3) is 22.6. The Kier molecular flexibility index (Phi) is 30.1. The lowest BCUT2D eigenvalue weighted by Crippen LogP contribution is -2.51. The zero-order valence-corrected chi connectivity index (χ0v) is 49.5. The molecule has 1 saturated heterocycles. The van der Waals surface area contributed by atoms with Crippen molar-refractivity contribution in [3.05, 3.63) is 84.1 Å². The Bertz CT molecular complexity index is 2670. The van der Waals surface area contributed by atoms with E-state index < -0.39 is 85.0 Å². The lowest BCUT2D eigenvalue weighted by Gasteiger charge is -2.37. The van der Waals surface area contributed by atoms with Gasteiger partial charge < -0.3 is 78.8 Å². The van der Waals surface area contributed by atoms with Crippen molar-refractivity contribution in [2.75, 3.05) is 81.6 Å². The van der Waals surface area contributed by atoms with Crippen molar-refractivity contribution in [2.45, 2.75) is 127 Å². The summed E-state index contributed by atoms with van der Waals surface area (Å²) in [7, 11) is 7.67. The van der Waals surface area contributed by atoms with Crippen molar-refractivity contribution < 1.29 is 91.5 Å². The Hall–Kier alpha value is -8.39. The number of carbonyl (C=O) groups excluding carboxylic acids is 4. The summed E-state index contributed by atoms with van der Waals surface area (Å²) in [6.07, 6.45) is 3.65. The van der Waals surface area contributed by atoms with Crippen LogP contribution >= 0.6 is 0 Å². The maximum atomic E-state index is 14.8. The van der Waals surface area contributed by atoms with Crippen LogP contribution in [0.4, 0.5) is 4.79 Å². The second kappa shape index (κ2) is 37.0. The van der Waals surface area contributed by atoms with Gasteiger partial charge in [-0.2, -0.15) is 0 Å². The van der Waals surface area contributed by atoms with Crippen LogP contribution in [0.15, 0.2) is 77.7 Å². The van der Waals surface area contributed by atoms with Crippen LogP contribution in [0.5, 0.6) is 34.5 Å². The van der Waals surface area contributed by atoms with E-state index in [1.165, 1.54) is 32.5 Å². The van der Waals surface area contributed by atoms with E-state index in [0.717, 1.165) is 24.8 Å². The minimum atomic E-state index is -1.54. The van der Waals surface area contributed by atoms with E-state index in [2.05, 4.69) is 39.8 Å². The summed E-state index contributed by atoms with van der Waals surface area (Å²) in [5.74, 6) is -3.16.